The third kappa shape index (κ3) is 3.57. The fourth-order valence-corrected chi connectivity index (χ4v) is 4.37. The van der Waals surface area contributed by atoms with Gasteiger partial charge < -0.3 is 19.9 Å². The van der Waals surface area contributed by atoms with Crippen LogP contribution in [0.4, 0.5) is 4.79 Å². The number of hydrogen-bond donors (Lipinski definition) is 1. The number of ether oxygens (including phenoxy) is 1. The van der Waals surface area contributed by atoms with E-state index in [-0.39, 0.29) is 11.6 Å². The maximum Gasteiger partial charge on any atom is 0.317 e. The second-order valence-corrected chi connectivity index (χ2v) is 7.59. The van der Waals surface area contributed by atoms with E-state index in [0.717, 1.165) is 38.8 Å². The molecule has 2 aliphatic carbocycles. The summed E-state index contributed by atoms with van der Waals surface area (Å²) in [4.78, 5) is 16.9. The summed E-state index contributed by atoms with van der Waals surface area (Å²) in [6, 6.07) is 1.06. The van der Waals surface area contributed by atoms with E-state index in [1.807, 2.05) is 4.90 Å². The molecule has 0 aromatic rings. The number of carbonyl (C=O) groups excluding carboxylic acids is 1. The molecule has 3 aliphatic rings. The molecule has 22 heavy (non-hydrogen) atoms. The van der Waals surface area contributed by atoms with E-state index >= 15 is 0 Å². The first-order valence-electron chi connectivity index (χ1n) is 8.94. The molecule has 1 aliphatic heterocycles. The number of carbonyl (C=O) groups is 1. The van der Waals surface area contributed by atoms with Gasteiger partial charge in [-0.1, -0.05) is 12.8 Å². The zero-order chi connectivity index (χ0) is 15.6. The van der Waals surface area contributed by atoms with Crippen molar-refractivity contribution in [3.63, 3.8) is 0 Å². The Balaban J connectivity index is 1.53. The van der Waals surface area contributed by atoms with Gasteiger partial charge in [0.25, 0.3) is 0 Å². The van der Waals surface area contributed by atoms with Crippen LogP contribution >= 0.6 is 0 Å². The first-order chi connectivity index (χ1) is 10.6. The lowest BCUT2D eigenvalue weighted by molar-refractivity contribution is -0.0928. The van der Waals surface area contributed by atoms with Gasteiger partial charge in [0.1, 0.15) is 0 Å². The Bertz CT molecular complexity index is 393. The molecule has 3 rings (SSSR count). The molecule has 1 spiro atoms. The van der Waals surface area contributed by atoms with E-state index in [4.69, 9.17) is 4.74 Å². The highest BCUT2D eigenvalue weighted by Crippen LogP contribution is 2.35. The quantitative estimate of drug-likeness (QED) is 0.850. The number of hydrogen-bond acceptors (Lipinski definition) is 3. The minimum atomic E-state index is -0.0334. The Kier molecular flexibility index (Phi) is 4.93. The van der Waals surface area contributed by atoms with Gasteiger partial charge in [-0.2, -0.15) is 0 Å². The van der Waals surface area contributed by atoms with Crippen LogP contribution in [0.2, 0.25) is 0 Å². The minimum absolute atomic E-state index is 0.0334. The second-order valence-electron chi connectivity index (χ2n) is 7.59. The summed E-state index contributed by atoms with van der Waals surface area (Å²) in [5.74, 6) is 0. The maximum absolute atomic E-state index is 12.6. The van der Waals surface area contributed by atoms with Gasteiger partial charge in [-0.05, 0) is 52.6 Å². The summed E-state index contributed by atoms with van der Waals surface area (Å²) in [6.07, 6.45) is 9.36. The summed E-state index contributed by atoms with van der Waals surface area (Å²) in [5, 5.41) is 3.28. The zero-order valence-electron chi connectivity index (χ0n) is 14.1. The molecule has 0 radical (unpaired) electrons. The summed E-state index contributed by atoms with van der Waals surface area (Å²) in [6.45, 7) is 2.21. The number of morpholine rings is 1. The minimum Gasteiger partial charge on any atom is -0.371 e. The molecule has 1 saturated heterocycles. The van der Waals surface area contributed by atoms with Crippen molar-refractivity contribution in [3.05, 3.63) is 0 Å². The molecule has 0 bridgehead atoms. The van der Waals surface area contributed by atoms with Gasteiger partial charge in [0.2, 0.25) is 0 Å². The fourth-order valence-electron chi connectivity index (χ4n) is 4.37. The van der Waals surface area contributed by atoms with Crippen LogP contribution in [0.3, 0.4) is 0 Å². The highest BCUT2D eigenvalue weighted by atomic mass is 16.5. The van der Waals surface area contributed by atoms with Crippen LogP contribution in [0, 0.1) is 0 Å². The van der Waals surface area contributed by atoms with Crippen molar-refractivity contribution in [3.8, 4) is 0 Å². The van der Waals surface area contributed by atoms with Crippen LogP contribution in [0.25, 0.3) is 0 Å². The van der Waals surface area contributed by atoms with Gasteiger partial charge >= 0.3 is 6.03 Å². The Labute approximate surface area is 134 Å². The largest absolute Gasteiger partial charge is 0.371 e. The predicted molar refractivity (Wildman–Crippen MR) is 87.0 cm³/mol. The lowest BCUT2D eigenvalue weighted by Gasteiger charge is -2.41. The summed E-state index contributed by atoms with van der Waals surface area (Å²) >= 11 is 0. The average molecular weight is 309 g/mol. The molecule has 1 heterocycles. The van der Waals surface area contributed by atoms with E-state index in [9.17, 15) is 4.79 Å². The molecule has 126 valence electrons. The number of rotatable bonds is 2. The fraction of sp³-hybridized carbons (Fsp3) is 0.941. The average Bonchev–Trinajstić information content (AvgIpc) is 2.95. The van der Waals surface area contributed by atoms with Crippen LogP contribution in [0.1, 0.15) is 51.4 Å². The van der Waals surface area contributed by atoms with Crippen molar-refractivity contribution >= 4 is 6.03 Å². The van der Waals surface area contributed by atoms with Gasteiger partial charge in [-0.25, -0.2) is 4.79 Å². The normalized spacial score (nSPS) is 31.7. The molecule has 3 fully saturated rings. The van der Waals surface area contributed by atoms with Gasteiger partial charge in [0.15, 0.2) is 0 Å². The van der Waals surface area contributed by atoms with Crippen molar-refractivity contribution in [2.24, 2.45) is 0 Å². The topological polar surface area (TPSA) is 44.8 Å². The van der Waals surface area contributed by atoms with Crippen LogP contribution in [0.15, 0.2) is 0 Å². The smallest absolute Gasteiger partial charge is 0.317 e. The van der Waals surface area contributed by atoms with Crippen molar-refractivity contribution in [1.82, 2.24) is 15.1 Å². The molecule has 5 heteroatoms. The van der Waals surface area contributed by atoms with E-state index in [0.29, 0.717) is 18.7 Å². The SMILES string of the molecule is CN(C)[C@H]1CCC[C@@H](NC(=O)N2CCOC3(CCCC3)C2)C1. The Morgan fingerprint density at radius 1 is 1.23 bits per heavy atom. The molecule has 5 nitrogen and oxygen atoms in total. The summed E-state index contributed by atoms with van der Waals surface area (Å²) < 4.78 is 6.02. The number of amides is 2. The van der Waals surface area contributed by atoms with Gasteiger partial charge in [0.05, 0.1) is 18.8 Å². The number of nitrogens with zero attached hydrogens (tertiary/aromatic N) is 2. The first-order valence-corrected chi connectivity index (χ1v) is 8.94. The van der Waals surface area contributed by atoms with Gasteiger partial charge in [0, 0.05) is 18.6 Å². The maximum atomic E-state index is 12.6. The molecule has 2 amide bonds. The van der Waals surface area contributed by atoms with E-state index in [1.165, 1.54) is 25.7 Å². The second kappa shape index (κ2) is 6.75. The number of nitrogens with one attached hydrogen (secondary N) is 1. The molecule has 2 atom stereocenters. The van der Waals surface area contributed by atoms with Crippen molar-refractivity contribution in [2.45, 2.75) is 69.1 Å². The molecule has 2 saturated carbocycles. The molecular formula is C17H31N3O2. The van der Waals surface area contributed by atoms with Crippen LogP contribution in [-0.2, 0) is 4.74 Å². The molecule has 0 aromatic carbocycles. The highest BCUT2D eigenvalue weighted by Gasteiger charge is 2.41. The van der Waals surface area contributed by atoms with E-state index in [1.54, 1.807) is 0 Å². The van der Waals surface area contributed by atoms with E-state index in [2.05, 4.69) is 24.3 Å². The molecule has 0 aromatic heterocycles. The summed E-state index contributed by atoms with van der Waals surface area (Å²) in [5.41, 5.74) is -0.0334. The molecular weight excluding hydrogens is 278 g/mol. The Hall–Kier alpha value is -0.810. The molecule has 1 N–H and O–H groups in total. The van der Waals surface area contributed by atoms with Crippen LogP contribution in [-0.4, -0.2) is 67.3 Å². The standard InChI is InChI=1S/C17H31N3O2/c1-19(2)15-7-5-6-14(12-15)18-16(21)20-10-11-22-17(13-20)8-3-4-9-17/h14-15H,3-13H2,1-2H3,(H,18,21)/t14-,15+/m1/s1. The van der Waals surface area contributed by atoms with Crippen molar-refractivity contribution in [1.29, 1.82) is 0 Å². The monoisotopic (exact) mass is 309 g/mol. The lowest BCUT2D eigenvalue weighted by Crippen LogP contribution is -2.56. The zero-order valence-corrected chi connectivity index (χ0v) is 14.1. The van der Waals surface area contributed by atoms with Crippen molar-refractivity contribution < 1.29 is 9.53 Å². The van der Waals surface area contributed by atoms with Crippen LogP contribution in [0.5, 0.6) is 0 Å². The Morgan fingerprint density at radius 2 is 2.00 bits per heavy atom. The number of urea groups is 1. The Morgan fingerprint density at radius 3 is 2.73 bits per heavy atom. The first kappa shape index (κ1) is 16.1. The van der Waals surface area contributed by atoms with Crippen LogP contribution < -0.4 is 5.32 Å². The lowest BCUT2D eigenvalue weighted by atomic mass is 9.90. The van der Waals surface area contributed by atoms with Gasteiger partial charge in [-0.3, -0.25) is 0 Å². The van der Waals surface area contributed by atoms with E-state index < -0.39 is 0 Å². The van der Waals surface area contributed by atoms with Crippen molar-refractivity contribution in [2.75, 3.05) is 33.8 Å². The third-order valence-corrected chi connectivity index (χ3v) is 5.75. The third-order valence-electron chi connectivity index (χ3n) is 5.75. The summed E-state index contributed by atoms with van der Waals surface area (Å²) in [7, 11) is 4.28. The van der Waals surface area contributed by atoms with Gasteiger partial charge in [-0.15, -0.1) is 0 Å². The predicted octanol–water partition coefficient (Wildman–Crippen LogP) is 2.21. The molecule has 0 unspecified atom stereocenters. The highest BCUT2D eigenvalue weighted by molar-refractivity contribution is 5.74.